The molecule has 0 bridgehead atoms. The fraction of sp³-hybridized carbons (Fsp3) is 0.211. The molecule has 0 aliphatic carbocycles. The van der Waals surface area contributed by atoms with Gasteiger partial charge in [0.05, 0.1) is 35.1 Å². The summed E-state index contributed by atoms with van der Waals surface area (Å²) in [5.74, 6) is 1.36. The fourth-order valence-corrected chi connectivity index (χ4v) is 3.09. The lowest BCUT2D eigenvalue weighted by Crippen LogP contribution is -2.28. The number of nitrogens with zero attached hydrogens (tertiary/aromatic N) is 6. The SMILES string of the molecule is CC(C)N(c1nc(Cc2ccccc2C#N)c2cn[nH]c2n1)c1ccn[nH]1. The summed E-state index contributed by atoms with van der Waals surface area (Å²) in [5.41, 5.74) is 3.04. The molecule has 3 aromatic heterocycles. The second-order valence-electron chi connectivity index (χ2n) is 6.45. The van der Waals surface area contributed by atoms with E-state index in [1.807, 2.05) is 35.2 Å². The Morgan fingerprint density at radius 3 is 2.70 bits per heavy atom. The largest absolute Gasteiger partial charge is 0.293 e. The number of hydrogen-bond acceptors (Lipinski definition) is 6. The Labute approximate surface area is 155 Å². The summed E-state index contributed by atoms with van der Waals surface area (Å²) in [6, 6.07) is 11.8. The minimum absolute atomic E-state index is 0.116. The molecule has 0 saturated heterocycles. The Morgan fingerprint density at radius 2 is 1.96 bits per heavy atom. The molecule has 2 N–H and O–H groups in total. The van der Waals surface area contributed by atoms with Crippen LogP contribution >= 0.6 is 0 Å². The van der Waals surface area contributed by atoms with Crippen molar-refractivity contribution in [1.82, 2.24) is 30.4 Å². The summed E-state index contributed by atoms with van der Waals surface area (Å²) < 4.78 is 0. The molecule has 0 aliphatic heterocycles. The van der Waals surface area contributed by atoms with Crippen molar-refractivity contribution < 1.29 is 0 Å². The monoisotopic (exact) mass is 358 g/mol. The molecule has 0 radical (unpaired) electrons. The third kappa shape index (κ3) is 3.11. The minimum atomic E-state index is 0.116. The Morgan fingerprint density at radius 1 is 1.11 bits per heavy atom. The maximum absolute atomic E-state index is 9.39. The molecule has 134 valence electrons. The van der Waals surface area contributed by atoms with Gasteiger partial charge in [-0.1, -0.05) is 18.2 Å². The topological polar surface area (TPSA) is 110 Å². The molecule has 0 aliphatic rings. The van der Waals surface area contributed by atoms with Crippen molar-refractivity contribution in [2.75, 3.05) is 4.90 Å². The van der Waals surface area contributed by atoms with Gasteiger partial charge in [0.25, 0.3) is 0 Å². The Balaban J connectivity index is 1.84. The van der Waals surface area contributed by atoms with Crippen molar-refractivity contribution in [3.05, 3.63) is 59.5 Å². The van der Waals surface area contributed by atoms with E-state index in [4.69, 9.17) is 4.98 Å². The van der Waals surface area contributed by atoms with Gasteiger partial charge < -0.3 is 0 Å². The zero-order valence-corrected chi connectivity index (χ0v) is 15.0. The van der Waals surface area contributed by atoms with Gasteiger partial charge in [-0.05, 0) is 25.5 Å². The van der Waals surface area contributed by atoms with Crippen LogP contribution in [0.3, 0.4) is 0 Å². The van der Waals surface area contributed by atoms with Crippen LogP contribution in [0.1, 0.15) is 30.7 Å². The van der Waals surface area contributed by atoms with Crippen LogP contribution in [-0.4, -0.2) is 36.4 Å². The molecule has 4 rings (SSSR count). The van der Waals surface area contributed by atoms with Gasteiger partial charge in [0, 0.05) is 18.5 Å². The van der Waals surface area contributed by atoms with E-state index in [1.54, 1.807) is 12.4 Å². The maximum atomic E-state index is 9.39. The van der Waals surface area contributed by atoms with Crippen molar-refractivity contribution >= 4 is 22.8 Å². The average Bonchev–Trinajstić information content (AvgIpc) is 3.34. The van der Waals surface area contributed by atoms with Gasteiger partial charge in [-0.25, -0.2) is 4.98 Å². The van der Waals surface area contributed by atoms with Crippen molar-refractivity contribution in [2.24, 2.45) is 0 Å². The summed E-state index contributed by atoms with van der Waals surface area (Å²) >= 11 is 0. The predicted octanol–water partition coefficient (Wildman–Crippen LogP) is 3.08. The molecule has 0 saturated carbocycles. The minimum Gasteiger partial charge on any atom is -0.293 e. The van der Waals surface area contributed by atoms with E-state index < -0.39 is 0 Å². The lowest BCUT2D eigenvalue weighted by Gasteiger charge is -2.25. The van der Waals surface area contributed by atoms with Gasteiger partial charge in [-0.3, -0.25) is 15.1 Å². The van der Waals surface area contributed by atoms with E-state index in [1.165, 1.54) is 0 Å². The molecule has 0 spiro atoms. The number of anilines is 2. The van der Waals surface area contributed by atoms with E-state index in [0.717, 1.165) is 22.5 Å². The first-order chi connectivity index (χ1) is 13.2. The van der Waals surface area contributed by atoms with Crippen LogP contribution in [0.5, 0.6) is 0 Å². The first kappa shape index (κ1) is 16.7. The van der Waals surface area contributed by atoms with Gasteiger partial charge >= 0.3 is 0 Å². The van der Waals surface area contributed by atoms with Crippen LogP contribution in [-0.2, 0) is 6.42 Å². The number of aromatic amines is 2. The van der Waals surface area contributed by atoms with E-state index in [0.29, 0.717) is 23.6 Å². The van der Waals surface area contributed by atoms with Crippen molar-refractivity contribution in [1.29, 1.82) is 5.26 Å². The second-order valence-corrected chi connectivity index (χ2v) is 6.45. The summed E-state index contributed by atoms with van der Waals surface area (Å²) in [7, 11) is 0. The van der Waals surface area contributed by atoms with E-state index in [-0.39, 0.29) is 6.04 Å². The van der Waals surface area contributed by atoms with Crippen LogP contribution < -0.4 is 4.90 Å². The summed E-state index contributed by atoms with van der Waals surface area (Å²) in [6.07, 6.45) is 3.94. The summed E-state index contributed by atoms with van der Waals surface area (Å²) in [4.78, 5) is 11.4. The molecular weight excluding hydrogens is 340 g/mol. The molecule has 0 unspecified atom stereocenters. The standard InChI is InChI=1S/C19H18N8/c1-12(2)27(17-7-8-21-25-17)19-23-16(15-11-22-26-18(15)24-19)9-13-5-3-4-6-14(13)10-20/h3-8,11-12H,9H2,1-2H3,(H,21,25)(H,22,23,24,26). The molecule has 8 nitrogen and oxygen atoms in total. The molecule has 3 heterocycles. The maximum Gasteiger partial charge on any atom is 0.233 e. The van der Waals surface area contributed by atoms with Crippen molar-refractivity contribution in [2.45, 2.75) is 26.3 Å². The second kappa shape index (κ2) is 6.88. The lowest BCUT2D eigenvalue weighted by molar-refractivity contribution is 0.748. The molecule has 0 amide bonds. The molecule has 0 fully saturated rings. The highest BCUT2D eigenvalue weighted by Crippen LogP contribution is 2.26. The number of nitriles is 1. The molecule has 0 atom stereocenters. The van der Waals surface area contributed by atoms with Gasteiger partial charge in [-0.15, -0.1) is 0 Å². The smallest absolute Gasteiger partial charge is 0.233 e. The summed E-state index contributed by atoms with van der Waals surface area (Å²) in [6.45, 7) is 4.12. The zero-order valence-electron chi connectivity index (χ0n) is 15.0. The van der Waals surface area contributed by atoms with Gasteiger partial charge in [0.2, 0.25) is 5.95 Å². The third-order valence-electron chi connectivity index (χ3n) is 4.35. The van der Waals surface area contributed by atoms with Gasteiger partial charge in [0.15, 0.2) is 5.65 Å². The summed E-state index contributed by atoms with van der Waals surface area (Å²) in [5, 5.41) is 24.3. The fourth-order valence-electron chi connectivity index (χ4n) is 3.09. The number of fused-ring (bicyclic) bond motifs is 1. The highest BCUT2D eigenvalue weighted by Gasteiger charge is 2.20. The molecule has 1 aromatic carbocycles. The number of benzene rings is 1. The first-order valence-electron chi connectivity index (χ1n) is 8.64. The lowest BCUT2D eigenvalue weighted by atomic mass is 10.0. The first-order valence-corrected chi connectivity index (χ1v) is 8.64. The Hall–Kier alpha value is -3.73. The van der Waals surface area contributed by atoms with Crippen molar-refractivity contribution in [3.63, 3.8) is 0 Å². The third-order valence-corrected chi connectivity index (χ3v) is 4.35. The number of H-pyrrole nitrogens is 2. The van der Waals surface area contributed by atoms with Crippen LogP contribution in [0.4, 0.5) is 11.8 Å². The predicted molar refractivity (Wildman–Crippen MR) is 102 cm³/mol. The number of rotatable bonds is 5. The van der Waals surface area contributed by atoms with Crippen LogP contribution in [0.2, 0.25) is 0 Å². The molecule has 8 heteroatoms. The quantitative estimate of drug-likeness (QED) is 0.567. The van der Waals surface area contributed by atoms with Crippen molar-refractivity contribution in [3.8, 4) is 6.07 Å². The number of aromatic nitrogens is 6. The van der Waals surface area contributed by atoms with Gasteiger partial charge in [0.1, 0.15) is 5.82 Å². The van der Waals surface area contributed by atoms with Crippen LogP contribution in [0.15, 0.2) is 42.7 Å². The number of hydrogen-bond donors (Lipinski definition) is 2. The highest BCUT2D eigenvalue weighted by atomic mass is 15.3. The van der Waals surface area contributed by atoms with Gasteiger partial charge in [-0.2, -0.15) is 20.4 Å². The van der Waals surface area contributed by atoms with E-state index in [2.05, 4.69) is 45.3 Å². The molecular formula is C19H18N8. The average molecular weight is 358 g/mol. The Bertz CT molecular complexity index is 1100. The zero-order chi connectivity index (χ0) is 18.8. The van der Waals surface area contributed by atoms with E-state index >= 15 is 0 Å². The van der Waals surface area contributed by atoms with Crippen LogP contribution in [0, 0.1) is 11.3 Å². The van der Waals surface area contributed by atoms with E-state index in [9.17, 15) is 5.26 Å². The Kier molecular flexibility index (Phi) is 4.26. The van der Waals surface area contributed by atoms with Crippen LogP contribution in [0.25, 0.3) is 11.0 Å². The highest BCUT2D eigenvalue weighted by molar-refractivity contribution is 5.79. The number of nitrogens with one attached hydrogen (secondary N) is 2. The normalized spacial score (nSPS) is 11.0. The molecule has 4 aromatic rings. The molecule has 27 heavy (non-hydrogen) atoms.